The average Bonchev–Trinajstić information content (AvgIpc) is 2.89. The summed E-state index contributed by atoms with van der Waals surface area (Å²) in [5.74, 6) is 0.680. The van der Waals surface area contributed by atoms with E-state index in [4.69, 9.17) is 5.73 Å². The maximum absolute atomic E-state index is 11.5. The van der Waals surface area contributed by atoms with E-state index in [1.165, 1.54) is 0 Å². The first-order chi connectivity index (χ1) is 6.24. The van der Waals surface area contributed by atoms with Gasteiger partial charge in [0.1, 0.15) is 0 Å². The van der Waals surface area contributed by atoms with Crippen LogP contribution in [0.3, 0.4) is 0 Å². The second-order valence-corrected chi connectivity index (χ2v) is 3.65. The molecule has 70 valence electrons. The molecule has 2 rings (SSSR count). The van der Waals surface area contributed by atoms with Crippen molar-refractivity contribution in [1.82, 2.24) is 4.57 Å². The monoisotopic (exact) mass is 178 g/mol. The van der Waals surface area contributed by atoms with Gasteiger partial charge in [-0.3, -0.25) is 4.79 Å². The van der Waals surface area contributed by atoms with Gasteiger partial charge in [0.15, 0.2) is 0 Å². The summed E-state index contributed by atoms with van der Waals surface area (Å²) in [6.45, 7) is 2.15. The molecule has 1 saturated carbocycles. The fraction of sp³-hybridized carbons (Fsp3) is 0.500. The van der Waals surface area contributed by atoms with E-state index in [0.29, 0.717) is 17.6 Å². The quantitative estimate of drug-likeness (QED) is 0.744. The molecule has 2 atom stereocenters. The predicted octanol–water partition coefficient (Wildman–Crippen LogP) is 1.40. The predicted molar refractivity (Wildman–Crippen MR) is 52.5 cm³/mol. The van der Waals surface area contributed by atoms with Crippen LogP contribution in [0.25, 0.3) is 0 Å². The van der Waals surface area contributed by atoms with Crippen molar-refractivity contribution < 1.29 is 0 Å². The standard InChI is InChI=1S/C10H14N2O/c1-2-7-6-9(7)12-5-3-4-8(11)10(12)13/h3-5,7,9H,2,6,11H2,1H3/t7-,9-/m1/s1. The summed E-state index contributed by atoms with van der Waals surface area (Å²) in [5, 5.41) is 0. The second kappa shape index (κ2) is 2.91. The van der Waals surface area contributed by atoms with Crippen LogP contribution >= 0.6 is 0 Å². The molecule has 2 N–H and O–H groups in total. The van der Waals surface area contributed by atoms with Gasteiger partial charge >= 0.3 is 0 Å². The van der Waals surface area contributed by atoms with Crippen molar-refractivity contribution in [2.24, 2.45) is 5.92 Å². The van der Waals surface area contributed by atoms with E-state index < -0.39 is 0 Å². The van der Waals surface area contributed by atoms with E-state index in [-0.39, 0.29) is 5.56 Å². The van der Waals surface area contributed by atoms with Crippen LogP contribution in [-0.4, -0.2) is 4.57 Å². The summed E-state index contributed by atoms with van der Waals surface area (Å²) < 4.78 is 1.77. The van der Waals surface area contributed by atoms with Crippen LogP contribution in [0.5, 0.6) is 0 Å². The molecule has 1 aliphatic carbocycles. The van der Waals surface area contributed by atoms with Crippen LogP contribution in [0.4, 0.5) is 5.69 Å². The van der Waals surface area contributed by atoms with Crippen LogP contribution in [0, 0.1) is 5.92 Å². The zero-order chi connectivity index (χ0) is 9.42. The normalized spacial score (nSPS) is 25.9. The molecule has 0 aromatic carbocycles. The molecule has 3 heteroatoms. The Kier molecular flexibility index (Phi) is 1.87. The van der Waals surface area contributed by atoms with E-state index >= 15 is 0 Å². The summed E-state index contributed by atoms with van der Waals surface area (Å²) in [6.07, 6.45) is 4.10. The number of pyridine rings is 1. The Hall–Kier alpha value is -1.25. The first-order valence-electron chi connectivity index (χ1n) is 4.70. The van der Waals surface area contributed by atoms with Crippen molar-refractivity contribution in [3.63, 3.8) is 0 Å². The van der Waals surface area contributed by atoms with Crippen molar-refractivity contribution in [1.29, 1.82) is 0 Å². The van der Waals surface area contributed by atoms with Crippen molar-refractivity contribution in [2.45, 2.75) is 25.8 Å². The minimum Gasteiger partial charge on any atom is -0.394 e. The molecule has 13 heavy (non-hydrogen) atoms. The van der Waals surface area contributed by atoms with E-state index in [1.54, 1.807) is 10.6 Å². The van der Waals surface area contributed by atoms with E-state index in [0.717, 1.165) is 12.8 Å². The van der Waals surface area contributed by atoms with Crippen molar-refractivity contribution >= 4 is 5.69 Å². The Bertz CT molecular complexity index is 369. The first-order valence-corrected chi connectivity index (χ1v) is 4.70. The zero-order valence-corrected chi connectivity index (χ0v) is 7.73. The molecule has 1 fully saturated rings. The molecule has 0 bridgehead atoms. The number of nitrogens with zero attached hydrogens (tertiary/aromatic N) is 1. The Balaban J connectivity index is 2.32. The molecule has 1 aliphatic rings. The topological polar surface area (TPSA) is 48.0 Å². The molecule has 0 spiro atoms. The molecule has 0 amide bonds. The highest BCUT2D eigenvalue weighted by Gasteiger charge is 2.37. The molecule has 1 aromatic rings. The van der Waals surface area contributed by atoms with Gasteiger partial charge < -0.3 is 10.3 Å². The number of aromatic nitrogens is 1. The fourth-order valence-corrected chi connectivity index (χ4v) is 1.80. The van der Waals surface area contributed by atoms with Crippen molar-refractivity contribution in [2.75, 3.05) is 5.73 Å². The second-order valence-electron chi connectivity index (χ2n) is 3.65. The number of rotatable bonds is 2. The van der Waals surface area contributed by atoms with Gasteiger partial charge in [0.25, 0.3) is 5.56 Å². The zero-order valence-electron chi connectivity index (χ0n) is 7.73. The SMILES string of the molecule is CC[C@@H]1C[C@H]1n1cccc(N)c1=O. The summed E-state index contributed by atoms with van der Waals surface area (Å²) in [7, 11) is 0. The molecule has 1 heterocycles. The van der Waals surface area contributed by atoms with E-state index in [1.807, 2.05) is 12.3 Å². The number of hydrogen-bond acceptors (Lipinski definition) is 2. The average molecular weight is 178 g/mol. The Labute approximate surface area is 77.2 Å². The number of hydrogen-bond donors (Lipinski definition) is 1. The lowest BCUT2D eigenvalue weighted by molar-refractivity contribution is 0.623. The highest BCUT2D eigenvalue weighted by atomic mass is 16.1. The third-order valence-corrected chi connectivity index (χ3v) is 2.77. The van der Waals surface area contributed by atoms with Gasteiger partial charge in [0.2, 0.25) is 0 Å². The first kappa shape index (κ1) is 8.35. The molecule has 0 unspecified atom stereocenters. The van der Waals surface area contributed by atoms with Crippen LogP contribution in [0.1, 0.15) is 25.8 Å². The van der Waals surface area contributed by atoms with Crippen LogP contribution in [0.15, 0.2) is 23.1 Å². The highest BCUT2D eigenvalue weighted by molar-refractivity contribution is 5.34. The number of nitrogens with two attached hydrogens (primary N) is 1. The molecule has 3 nitrogen and oxygen atoms in total. The van der Waals surface area contributed by atoms with Gasteiger partial charge in [-0.25, -0.2) is 0 Å². The third kappa shape index (κ3) is 1.34. The molecular weight excluding hydrogens is 164 g/mol. The van der Waals surface area contributed by atoms with E-state index in [9.17, 15) is 4.79 Å². The number of nitrogen functional groups attached to an aromatic ring is 1. The van der Waals surface area contributed by atoms with Crippen LogP contribution in [-0.2, 0) is 0 Å². The molecule has 0 radical (unpaired) electrons. The lowest BCUT2D eigenvalue weighted by Crippen LogP contribution is -2.21. The van der Waals surface area contributed by atoms with Gasteiger partial charge in [-0.1, -0.05) is 13.3 Å². The van der Waals surface area contributed by atoms with Crippen molar-refractivity contribution in [3.8, 4) is 0 Å². The summed E-state index contributed by atoms with van der Waals surface area (Å²) in [5.41, 5.74) is 5.85. The third-order valence-electron chi connectivity index (χ3n) is 2.77. The Morgan fingerprint density at radius 1 is 1.69 bits per heavy atom. The summed E-state index contributed by atoms with van der Waals surface area (Å²) in [6, 6.07) is 3.89. The lowest BCUT2D eigenvalue weighted by Gasteiger charge is -2.04. The van der Waals surface area contributed by atoms with Gasteiger partial charge in [0.05, 0.1) is 5.69 Å². The lowest BCUT2D eigenvalue weighted by atomic mass is 10.3. The van der Waals surface area contributed by atoms with Gasteiger partial charge in [-0.05, 0) is 24.5 Å². The minimum atomic E-state index is -0.0385. The van der Waals surface area contributed by atoms with E-state index in [2.05, 4.69) is 6.92 Å². The smallest absolute Gasteiger partial charge is 0.273 e. The molecule has 0 saturated heterocycles. The maximum atomic E-state index is 11.5. The largest absolute Gasteiger partial charge is 0.394 e. The molecule has 1 aromatic heterocycles. The maximum Gasteiger partial charge on any atom is 0.273 e. The van der Waals surface area contributed by atoms with Crippen LogP contribution < -0.4 is 11.3 Å². The van der Waals surface area contributed by atoms with Crippen molar-refractivity contribution in [3.05, 3.63) is 28.7 Å². The minimum absolute atomic E-state index is 0.0385. The summed E-state index contributed by atoms with van der Waals surface area (Å²) in [4.78, 5) is 11.5. The fourth-order valence-electron chi connectivity index (χ4n) is 1.80. The molecule has 0 aliphatic heterocycles. The number of anilines is 1. The Morgan fingerprint density at radius 2 is 2.46 bits per heavy atom. The molecular formula is C10H14N2O. The highest BCUT2D eigenvalue weighted by Crippen LogP contribution is 2.44. The van der Waals surface area contributed by atoms with Gasteiger partial charge in [-0.15, -0.1) is 0 Å². The van der Waals surface area contributed by atoms with Gasteiger partial charge in [-0.2, -0.15) is 0 Å². The van der Waals surface area contributed by atoms with Crippen LogP contribution in [0.2, 0.25) is 0 Å². The Morgan fingerprint density at radius 3 is 3.08 bits per heavy atom. The summed E-state index contributed by atoms with van der Waals surface area (Å²) >= 11 is 0. The van der Waals surface area contributed by atoms with Gasteiger partial charge in [0, 0.05) is 12.2 Å².